The Morgan fingerprint density at radius 3 is 2.40 bits per heavy atom. The normalized spacial score (nSPS) is 16.4. The summed E-state index contributed by atoms with van der Waals surface area (Å²) < 4.78 is 6.37. The van der Waals surface area contributed by atoms with Crippen LogP contribution in [0.4, 0.5) is 0 Å². The molecule has 2 heterocycles. The number of rotatable bonds is 2. The van der Waals surface area contributed by atoms with Crippen LogP contribution in [0.2, 0.25) is 0 Å². The maximum absolute atomic E-state index is 6.37. The van der Waals surface area contributed by atoms with Gasteiger partial charge in [0.2, 0.25) is 0 Å². The fourth-order valence-electron chi connectivity index (χ4n) is 5.30. The second kappa shape index (κ2) is 6.73. The van der Waals surface area contributed by atoms with Crippen LogP contribution in [-0.4, -0.2) is 12.8 Å². The maximum atomic E-state index is 6.37. The summed E-state index contributed by atoms with van der Waals surface area (Å²) in [6.07, 6.45) is 8.63. The molecule has 0 atom stereocenters. The number of pyridine rings is 1. The van der Waals surface area contributed by atoms with Gasteiger partial charge in [-0.2, -0.15) is 0 Å². The molecule has 1 saturated carbocycles. The van der Waals surface area contributed by atoms with Gasteiger partial charge in [-0.3, -0.25) is 4.98 Å². The zero-order chi connectivity index (χ0) is 20.1. The van der Waals surface area contributed by atoms with Gasteiger partial charge in [-0.15, -0.1) is 0 Å². The molecule has 1 fully saturated rings. The molecule has 3 aromatic carbocycles. The molecule has 0 N–H and O–H groups in total. The van der Waals surface area contributed by atoms with E-state index in [4.69, 9.17) is 9.40 Å². The largest absolute Gasteiger partial charge is 0.455 e. The lowest BCUT2D eigenvalue weighted by Gasteiger charge is -2.34. The number of hydrogen-bond donors (Lipinski definition) is 0. The van der Waals surface area contributed by atoms with Crippen molar-refractivity contribution in [2.45, 2.75) is 37.4 Å². The van der Waals surface area contributed by atoms with E-state index in [1.807, 2.05) is 12.1 Å². The first-order valence-electron chi connectivity index (χ1n) is 11.0. The molecule has 30 heavy (non-hydrogen) atoms. The van der Waals surface area contributed by atoms with Crippen LogP contribution in [0.15, 0.2) is 77.3 Å². The van der Waals surface area contributed by atoms with Crippen LogP contribution in [-0.2, 0) is 5.31 Å². The average molecular weight is 389 g/mol. The van der Waals surface area contributed by atoms with Crippen molar-refractivity contribution < 1.29 is 4.42 Å². The number of fused-ring (bicyclic) bond motifs is 5. The first-order valence-corrected chi connectivity index (χ1v) is 11.0. The Kier molecular flexibility index (Phi) is 3.99. The monoisotopic (exact) mass is 389 g/mol. The fourth-order valence-corrected chi connectivity index (χ4v) is 5.30. The molecule has 2 nitrogen and oxygen atoms in total. The molecular formula is C27H24BNO. The molecule has 0 amide bonds. The summed E-state index contributed by atoms with van der Waals surface area (Å²) >= 11 is 0. The SMILES string of the molecule is BC1(c2ccc(-c3cc4ccccc4c4c3oc3ccccc34)nc2)CCCCC1. The van der Waals surface area contributed by atoms with Crippen molar-refractivity contribution in [1.82, 2.24) is 4.98 Å². The van der Waals surface area contributed by atoms with Crippen LogP contribution < -0.4 is 0 Å². The second-order valence-electron chi connectivity index (χ2n) is 9.00. The van der Waals surface area contributed by atoms with Gasteiger partial charge in [0.25, 0.3) is 0 Å². The Morgan fingerprint density at radius 2 is 1.60 bits per heavy atom. The van der Waals surface area contributed by atoms with Crippen molar-refractivity contribution in [2.75, 3.05) is 0 Å². The lowest BCUT2D eigenvalue weighted by atomic mass is 9.57. The first kappa shape index (κ1) is 17.8. The molecule has 2 aromatic heterocycles. The number of benzene rings is 3. The summed E-state index contributed by atoms with van der Waals surface area (Å²) in [5.41, 5.74) is 5.27. The average Bonchev–Trinajstić information content (AvgIpc) is 3.19. The third-order valence-electron chi connectivity index (χ3n) is 7.06. The summed E-state index contributed by atoms with van der Waals surface area (Å²) in [5, 5.41) is 5.06. The topological polar surface area (TPSA) is 26.0 Å². The van der Waals surface area contributed by atoms with Crippen LogP contribution in [0.3, 0.4) is 0 Å². The zero-order valence-electron chi connectivity index (χ0n) is 17.3. The van der Waals surface area contributed by atoms with E-state index in [1.165, 1.54) is 53.8 Å². The molecule has 1 aliphatic rings. The molecule has 6 rings (SSSR count). The van der Waals surface area contributed by atoms with E-state index in [9.17, 15) is 0 Å². The van der Waals surface area contributed by atoms with Crippen molar-refractivity contribution in [3.05, 3.63) is 78.5 Å². The van der Waals surface area contributed by atoms with Gasteiger partial charge in [0.1, 0.15) is 19.0 Å². The van der Waals surface area contributed by atoms with Gasteiger partial charge in [0.15, 0.2) is 0 Å². The highest BCUT2D eigenvalue weighted by Crippen LogP contribution is 2.41. The number of furan rings is 1. The van der Waals surface area contributed by atoms with Gasteiger partial charge >= 0.3 is 0 Å². The molecule has 3 heteroatoms. The molecule has 0 bridgehead atoms. The number of nitrogens with zero attached hydrogens (tertiary/aromatic N) is 1. The van der Waals surface area contributed by atoms with E-state index >= 15 is 0 Å². The summed E-state index contributed by atoms with van der Waals surface area (Å²) in [5.74, 6) is 0. The van der Waals surface area contributed by atoms with Gasteiger partial charge in [-0.05, 0) is 39.8 Å². The van der Waals surface area contributed by atoms with Gasteiger partial charge in [0.05, 0.1) is 5.69 Å². The van der Waals surface area contributed by atoms with Crippen LogP contribution in [0, 0.1) is 0 Å². The van der Waals surface area contributed by atoms with Crippen LogP contribution >= 0.6 is 0 Å². The molecule has 0 unspecified atom stereocenters. The second-order valence-corrected chi connectivity index (χ2v) is 9.00. The Bertz CT molecular complexity index is 1380. The quantitative estimate of drug-likeness (QED) is 0.318. The Balaban J connectivity index is 1.57. The lowest BCUT2D eigenvalue weighted by Crippen LogP contribution is -2.29. The highest BCUT2D eigenvalue weighted by Gasteiger charge is 2.29. The lowest BCUT2D eigenvalue weighted by molar-refractivity contribution is 0.397. The molecule has 5 aromatic rings. The molecule has 1 aliphatic carbocycles. The fraction of sp³-hybridized carbons (Fsp3) is 0.222. The van der Waals surface area contributed by atoms with E-state index in [0.29, 0.717) is 0 Å². The predicted octanol–water partition coefficient (Wildman–Crippen LogP) is 6.59. The van der Waals surface area contributed by atoms with E-state index in [1.54, 1.807) is 0 Å². The number of aromatic nitrogens is 1. The predicted molar refractivity (Wildman–Crippen MR) is 128 cm³/mol. The summed E-state index contributed by atoms with van der Waals surface area (Å²) in [4.78, 5) is 4.94. The van der Waals surface area contributed by atoms with Crippen LogP contribution in [0.1, 0.15) is 37.7 Å². The van der Waals surface area contributed by atoms with Crippen molar-refractivity contribution in [3.8, 4) is 11.3 Å². The maximum Gasteiger partial charge on any atom is 0.145 e. The van der Waals surface area contributed by atoms with Crippen molar-refractivity contribution in [1.29, 1.82) is 0 Å². The number of para-hydroxylation sites is 1. The van der Waals surface area contributed by atoms with Crippen molar-refractivity contribution >= 4 is 40.6 Å². The van der Waals surface area contributed by atoms with E-state index in [2.05, 4.69) is 68.6 Å². The van der Waals surface area contributed by atoms with Crippen molar-refractivity contribution in [2.24, 2.45) is 0 Å². The van der Waals surface area contributed by atoms with Crippen molar-refractivity contribution in [3.63, 3.8) is 0 Å². The third-order valence-corrected chi connectivity index (χ3v) is 7.06. The van der Waals surface area contributed by atoms with Crippen LogP contribution in [0.5, 0.6) is 0 Å². The van der Waals surface area contributed by atoms with E-state index in [-0.39, 0.29) is 5.31 Å². The smallest absolute Gasteiger partial charge is 0.145 e. The van der Waals surface area contributed by atoms with Gasteiger partial charge in [-0.25, -0.2) is 0 Å². The summed E-state index contributed by atoms with van der Waals surface area (Å²) in [6, 6.07) is 23.6. The van der Waals surface area contributed by atoms with Crippen LogP contribution in [0.25, 0.3) is 44.0 Å². The minimum atomic E-state index is 0.266. The highest BCUT2D eigenvalue weighted by atomic mass is 16.3. The van der Waals surface area contributed by atoms with Gasteiger partial charge in [0, 0.05) is 22.5 Å². The summed E-state index contributed by atoms with van der Waals surface area (Å²) in [7, 11) is 2.40. The molecule has 146 valence electrons. The molecule has 0 spiro atoms. The van der Waals surface area contributed by atoms with E-state index < -0.39 is 0 Å². The minimum Gasteiger partial charge on any atom is -0.455 e. The zero-order valence-corrected chi connectivity index (χ0v) is 17.3. The molecule has 0 saturated heterocycles. The Hall–Kier alpha value is -3.07. The minimum absolute atomic E-state index is 0.266. The van der Waals surface area contributed by atoms with Gasteiger partial charge < -0.3 is 4.42 Å². The Labute approximate surface area is 177 Å². The van der Waals surface area contributed by atoms with E-state index in [0.717, 1.165) is 27.8 Å². The molecule has 0 radical (unpaired) electrons. The molecular weight excluding hydrogens is 365 g/mol. The molecule has 0 aliphatic heterocycles. The Morgan fingerprint density at radius 1 is 0.833 bits per heavy atom. The first-order chi connectivity index (χ1) is 14.7. The number of hydrogen-bond acceptors (Lipinski definition) is 2. The standard InChI is InChI=1S/C27H24BNO/c28-27(14-6-1-7-15-27)19-12-13-23(29-17-19)22-16-18-8-2-3-9-20(18)25-21-10-4-5-11-24(21)30-26(22)25/h2-5,8-13,16-17H,1,6-7,14-15,28H2. The highest BCUT2D eigenvalue weighted by molar-refractivity contribution is 6.22. The third kappa shape index (κ3) is 2.69. The van der Waals surface area contributed by atoms with Gasteiger partial charge in [-0.1, -0.05) is 80.6 Å². The summed E-state index contributed by atoms with van der Waals surface area (Å²) in [6.45, 7) is 0.